The van der Waals surface area contributed by atoms with Crippen molar-refractivity contribution < 1.29 is 9.53 Å². The summed E-state index contributed by atoms with van der Waals surface area (Å²) in [5.41, 5.74) is 5.18. The molecule has 0 saturated carbocycles. The minimum absolute atomic E-state index is 0.296. The lowest BCUT2D eigenvalue weighted by atomic mass is 9.94. The maximum Gasteiger partial charge on any atom is 0.325 e. The van der Waals surface area contributed by atoms with Crippen LogP contribution in [0.1, 0.15) is 53.9 Å². The van der Waals surface area contributed by atoms with Crippen molar-refractivity contribution in [3.05, 3.63) is 0 Å². The van der Waals surface area contributed by atoms with Crippen molar-refractivity contribution in [2.24, 2.45) is 5.73 Å². The predicted molar refractivity (Wildman–Crippen MR) is 75.5 cm³/mol. The predicted octanol–water partition coefficient (Wildman–Crippen LogP) is 2.17. The SMILES string of the molecule is CCCN(CCC)C(C)CC(C)(N)C(=O)OCC. The molecule has 108 valence electrons. The average molecular weight is 258 g/mol. The van der Waals surface area contributed by atoms with Gasteiger partial charge in [-0.2, -0.15) is 0 Å². The van der Waals surface area contributed by atoms with Crippen LogP contribution < -0.4 is 5.73 Å². The number of hydrogen-bond acceptors (Lipinski definition) is 4. The number of nitrogens with two attached hydrogens (primary N) is 1. The van der Waals surface area contributed by atoms with E-state index in [1.165, 1.54) is 0 Å². The molecule has 2 N–H and O–H groups in total. The molecule has 0 saturated heterocycles. The maximum atomic E-state index is 11.8. The molecule has 4 heteroatoms. The quantitative estimate of drug-likeness (QED) is 0.644. The first-order chi connectivity index (χ1) is 8.38. The lowest BCUT2D eigenvalue weighted by Gasteiger charge is -2.33. The standard InChI is InChI=1S/C14H30N2O2/c1-6-9-16(10-7-2)12(4)11-14(5,15)13(17)18-8-3/h12H,6-11,15H2,1-5H3. The number of carbonyl (C=O) groups excluding carboxylic acids is 1. The summed E-state index contributed by atoms with van der Waals surface area (Å²) < 4.78 is 5.02. The lowest BCUT2D eigenvalue weighted by molar-refractivity contribution is -0.149. The Morgan fingerprint density at radius 3 is 2.17 bits per heavy atom. The van der Waals surface area contributed by atoms with E-state index in [-0.39, 0.29) is 5.97 Å². The molecule has 0 fully saturated rings. The summed E-state index contributed by atoms with van der Waals surface area (Å²) in [6.45, 7) is 12.5. The highest BCUT2D eigenvalue weighted by atomic mass is 16.5. The van der Waals surface area contributed by atoms with E-state index in [2.05, 4.69) is 25.7 Å². The van der Waals surface area contributed by atoms with Gasteiger partial charge < -0.3 is 15.4 Å². The number of ether oxygens (including phenoxy) is 1. The molecule has 0 aliphatic heterocycles. The molecule has 0 radical (unpaired) electrons. The van der Waals surface area contributed by atoms with Gasteiger partial charge in [-0.25, -0.2) is 0 Å². The fourth-order valence-corrected chi connectivity index (χ4v) is 2.25. The average Bonchev–Trinajstić information content (AvgIpc) is 2.28. The highest BCUT2D eigenvalue weighted by Crippen LogP contribution is 2.16. The van der Waals surface area contributed by atoms with E-state index in [4.69, 9.17) is 10.5 Å². The monoisotopic (exact) mass is 258 g/mol. The van der Waals surface area contributed by atoms with Crippen molar-refractivity contribution in [2.75, 3.05) is 19.7 Å². The molecule has 0 amide bonds. The maximum absolute atomic E-state index is 11.8. The first kappa shape index (κ1) is 17.4. The first-order valence-corrected chi connectivity index (χ1v) is 7.09. The topological polar surface area (TPSA) is 55.6 Å². The molecule has 0 spiro atoms. The van der Waals surface area contributed by atoms with Gasteiger partial charge in [0.2, 0.25) is 0 Å². The summed E-state index contributed by atoms with van der Waals surface area (Å²) in [6, 6.07) is 0.296. The Kier molecular flexibility index (Phi) is 8.20. The minimum Gasteiger partial charge on any atom is -0.465 e. The second-order valence-electron chi connectivity index (χ2n) is 5.23. The Morgan fingerprint density at radius 1 is 1.28 bits per heavy atom. The van der Waals surface area contributed by atoms with Crippen LogP contribution in [0.15, 0.2) is 0 Å². The van der Waals surface area contributed by atoms with Crippen LogP contribution in [-0.4, -0.2) is 42.1 Å². The number of esters is 1. The van der Waals surface area contributed by atoms with Gasteiger partial charge in [0.1, 0.15) is 5.54 Å². The second kappa shape index (κ2) is 8.48. The highest BCUT2D eigenvalue weighted by Gasteiger charge is 2.33. The normalized spacial score (nSPS) is 16.4. The van der Waals surface area contributed by atoms with E-state index in [0.717, 1.165) is 25.9 Å². The van der Waals surface area contributed by atoms with Gasteiger partial charge in [0, 0.05) is 6.04 Å². The molecule has 18 heavy (non-hydrogen) atoms. The zero-order valence-corrected chi connectivity index (χ0v) is 12.7. The van der Waals surface area contributed by atoms with E-state index in [9.17, 15) is 4.79 Å². The van der Waals surface area contributed by atoms with Crippen LogP contribution in [-0.2, 0) is 9.53 Å². The number of carbonyl (C=O) groups is 1. The fourth-order valence-electron chi connectivity index (χ4n) is 2.25. The van der Waals surface area contributed by atoms with E-state index in [0.29, 0.717) is 19.1 Å². The second-order valence-corrected chi connectivity index (χ2v) is 5.23. The van der Waals surface area contributed by atoms with E-state index >= 15 is 0 Å². The van der Waals surface area contributed by atoms with Crippen molar-refractivity contribution in [1.82, 2.24) is 4.90 Å². The van der Waals surface area contributed by atoms with Crippen LogP contribution in [0.5, 0.6) is 0 Å². The first-order valence-electron chi connectivity index (χ1n) is 7.09. The molecular weight excluding hydrogens is 228 g/mol. The summed E-state index contributed by atoms with van der Waals surface area (Å²) in [7, 11) is 0. The van der Waals surface area contributed by atoms with E-state index in [1.54, 1.807) is 13.8 Å². The van der Waals surface area contributed by atoms with E-state index < -0.39 is 5.54 Å². The molecule has 0 heterocycles. The van der Waals surface area contributed by atoms with Gasteiger partial charge in [-0.3, -0.25) is 4.79 Å². The smallest absolute Gasteiger partial charge is 0.325 e. The van der Waals surface area contributed by atoms with Crippen LogP contribution >= 0.6 is 0 Å². The zero-order valence-electron chi connectivity index (χ0n) is 12.7. The third-order valence-corrected chi connectivity index (χ3v) is 3.11. The molecule has 0 aromatic heterocycles. The Bertz CT molecular complexity index is 236. The molecule has 0 bridgehead atoms. The van der Waals surface area contributed by atoms with Crippen LogP contribution in [0.4, 0.5) is 0 Å². The number of nitrogens with zero attached hydrogens (tertiary/aromatic N) is 1. The Morgan fingerprint density at radius 2 is 1.78 bits per heavy atom. The fraction of sp³-hybridized carbons (Fsp3) is 0.929. The van der Waals surface area contributed by atoms with Crippen molar-refractivity contribution in [1.29, 1.82) is 0 Å². The van der Waals surface area contributed by atoms with Crippen molar-refractivity contribution in [3.8, 4) is 0 Å². The summed E-state index contributed by atoms with van der Waals surface area (Å²) in [5, 5.41) is 0. The van der Waals surface area contributed by atoms with Crippen LogP contribution in [0.2, 0.25) is 0 Å². The molecule has 0 aliphatic rings. The largest absolute Gasteiger partial charge is 0.465 e. The Labute approximate surface area is 112 Å². The summed E-state index contributed by atoms with van der Waals surface area (Å²) in [5.74, 6) is -0.301. The molecule has 0 aliphatic carbocycles. The van der Waals surface area contributed by atoms with Gasteiger partial charge in [0.15, 0.2) is 0 Å². The van der Waals surface area contributed by atoms with Crippen LogP contribution in [0.25, 0.3) is 0 Å². The number of hydrogen-bond donors (Lipinski definition) is 1. The molecule has 2 unspecified atom stereocenters. The Balaban J connectivity index is 4.48. The number of rotatable bonds is 9. The van der Waals surface area contributed by atoms with Crippen molar-refractivity contribution >= 4 is 5.97 Å². The molecule has 0 rings (SSSR count). The van der Waals surface area contributed by atoms with E-state index in [1.807, 2.05) is 0 Å². The van der Waals surface area contributed by atoms with Gasteiger partial charge in [-0.1, -0.05) is 13.8 Å². The molecule has 4 nitrogen and oxygen atoms in total. The van der Waals surface area contributed by atoms with Gasteiger partial charge >= 0.3 is 5.97 Å². The van der Waals surface area contributed by atoms with Gasteiger partial charge in [-0.15, -0.1) is 0 Å². The summed E-state index contributed by atoms with van der Waals surface area (Å²) in [4.78, 5) is 14.2. The van der Waals surface area contributed by atoms with Gasteiger partial charge in [-0.05, 0) is 53.1 Å². The zero-order chi connectivity index (χ0) is 14.2. The minimum atomic E-state index is -0.894. The lowest BCUT2D eigenvalue weighted by Crippen LogP contribution is -2.51. The van der Waals surface area contributed by atoms with Crippen molar-refractivity contribution in [2.45, 2.75) is 65.5 Å². The molecule has 0 aromatic carbocycles. The molecule has 0 aromatic rings. The van der Waals surface area contributed by atoms with Crippen LogP contribution in [0, 0.1) is 0 Å². The third-order valence-electron chi connectivity index (χ3n) is 3.11. The van der Waals surface area contributed by atoms with Gasteiger partial charge in [0.05, 0.1) is 6.61 Å². The summed E-state index contributed by atoms with van der Waals surface area (Å²) >= 11 is 0. The molecular formula is C14H30N2O2. The molecule has 2 atom stereocenters. The summed E-state index contributed by atoms with van der Waals surface area (Å²) in [6.07, 6.45) is 2.86. The van der Waals surface area contributed by atoms with Crippen LogP contribution in [0.3, 0.4) is 0 Å². The van der Waals surface area contributed by atoms with Gasteiger partial charge in [0.25, 0.3) is 0 Å². The van der Waals surface area contributed by atoms with Crippen molar-refractivity contribution in [3.63, 3.8) is 0 Å². The highest BCUT2D eigenvalue weighted by molar-refractivity contribution is 5.80. The Hall–Kier alpha value is -0.610. The third kappa shape index (κ3) is 5.83.